The Balaban J connectivity index is 4.05. The Morgan fingerprint density at radius 3 is 1.89 bits per heavy atom. The second-order valence-electron chi connectivity index (χ2n) is 7.63. The van der Waals surface area contributed by atoms with Gasteiger partial charge in [0.05, 0.1) is 25.4 Å². The topological polar surface area (TPSA) is 30.5 Å². The highest BCUT2D eigenvalue weighted by Gasteiger charge is 2.38. The van der Waals surface area contributed by atoms with E-state index in [1.807, 2.05) is 7.05 Å². The summed E-state index contributed by atoms with van der Waals surface area (Å²) in [5.41, 5.74) is 0.406. The third-order valence-corrected chi connectivity index (χ3v) is 4.11. The molecule has 0 radical (unpaired) electrons. The average Bonchev–Trinajstić information content (AvgIpc) is 2.20. The van der Waals surface area contributed by atoms with Gasteiger partial charge < -0.3 is 14.8 Å². The number of ether oxygens (including phenoxy) is 2. The van der Waals surface area contributed by atoms with Gasteiger partial charge >= 0.3 is 0 Å². The van der Waals surface area contributed by atoms with E-state index in [-0.39, 0.29) is 16.4 Å². The van der Waals surface area contributed by atoms with Crippen molar-refractivity contribution in [2.45, 2.75) is 60.5 Å². The molecular weight excluding hydrogens is 238 g/mol. The second kappa shape index (κ2) is 7.61. The van der Waals surface area contributed by atoms with Gasteiger partial charge in [-0.05, 0) is 38.1 Å². The minimum atomic E-state index is -0.108. The van der Waals surface area contributed by atoms with Gasteiger partial charge in [0.25, 0.3) is 0 Å². The Bertz CT molecular complexity index is 242. The maximum atomic E-state index is 6.00. The minimum Gasteiger partial charge on any atom is -0.378 e. The van der Waals surface area contributed by atoms with E-state index in [0.717, 1.165) is 19.6 Å². The zero-order valence-corrected chi connectivity index (χ0v) is 14.4. The van der Waals surface area contributed by atoms with Crippen LogP contribution in [0.4, 0.5) is 0 Å². The number of nitrogens with one attached hydrogen (secondary N) is 1. The molecule has 116 valence electrons. The first-order chi connectivity index (χ1) is 8.52. The van der Waals surface area contributed by atoms with E-state index < -0.39 is 0 Å². The summed E-state index contributed by atoms with van der Waals surface area (Å²) in [6.45, 7) is 18.8. The molecule has 3 nitrogen and oxygen atoms in total. The largest absolute Gasteiger partial charge is 0.378 e. The predicted molar refractivity (Wildman–Crippen MR) is 82.6 cm³/mol. The summed E-state index contributed by atoms with van der Waals surface area (Å²) < 4.78 is 11.5. The van der Waals surface area contributed by atoms with Crippen molar-refractivity contribution >= 4 is 0 Å². The highest BCUT2D eigenvalue weighted by atomic mass is 16.5. The van der Waals surface area contributed by atoms with Gasteiger partial charge in [-0.1, -0.05) is 34.6 Å². The summed E-state index contributed by atoms with van der Waals surface area (Å²) in [6, 6.07) is 0. The lowest BCUT2D eigenvalue weighted by Gasteiger charge is -2.44. The van der Waals surface area contributed by atoms with Gasteiger partial charge in [0.1, 0.15) is 0 Å². The smallest absolute Gasteiger partial charge is 0.0707 e. The molecular formula is C16H35NO2. The average molecular weight is 273 g/mol. The number of hydrogen-bond acceptors (Lipinski definition) is 3. The zero-order chi connectivity index (χ0) is 15.2. The van der Waals surface area contributed by atoms with Crippen LogP contribution in [-0.4, -0.2) is 39.0 Å². The molecule has 3 heteroatoms. The van der Waals surface area contributed by atoms with Crippen molar-refractivity contribution in [1.29, 1.82) is 0 Å². The first-order valence-corrected chi connectivity index (χ1v) is 7.38. The monoisotopic (exact) mass is 273 g/mol. The van der Waals surface area contributed by atoms with Gasteiger partial charge in [-0.15, -0.1) is 0 Å². The van der Waals surface area contributed by atoms with Crippen molar-refractivity contribution < 1.29 is 9.47 Å². The van der Waals surface area contributed by atoms with Crippen molar-refractivity contribution in [2.24, 2.45) is 10.8 Å². The Hall–Kier alpha value is -0.120. The van der Waals surface area contributed by atoms with E-state index in [4.69, 9.17) is 9.47 Å². The standard InChI is InChI=1S/C16H35NO2/c1-14(2,3)15(4,5)13-16(6,7)19-12-11-18-10-9-17-8/h17H,9-13H2,1-8H3. The molecule has 0 spiro atoms. The van der Waals surface area contributed by atoms with Gasteiger partial charge in [0, 0.05) is 6.54 Å². The van der Waals surface area contributed by atoms with Gasteiger partial charge in [-0.25, -0.2) is 0 Å². The molecule has 0 aliphatic carbocycles. The zero-order valence-electron chi connectivity index (χ0n) is 14.4. The molecule has 0 fully saturated rings. The van der Waals surface area contributed by atoms with Crippen LogP contribution >= 0.6 is 0 Å². The van der Waals surface area contributed by atoms with Crippen LogP contribution in [0.1, 0.15) is 54.9 Å². The van der Waals surface area contributed by atoms with Crippen LogP contribution in [-0.2, 0) is 9.47 Å². The van der Waals surface area contributed by atoms with Crippen molar-refractivity contribution in [3.05, 3.63) is 0 Å². The van der Waals surface area contributed by atoms with E-state index in [1.165, 1.54) is 0 Å². The second-order valence-corrected chi connectivity index (χ2v) is 7.63. The molecule has 0 unspecified atom stereocenters. The highest BCUT2D eigenvalue weighted by molar-refractivity contribution is 4.88. The fraction of sp³-hybridized carbons (Fsp3) is 1.00. The fourth-order valence-electron chi connectivity index (χ4n) is 2.03. The Labute approximate surface area is 120 Å². The molecule has 0 amide bonds. The molecule has 0 aromatic carbocycles. The Kier molecular flexibility index (Phi) is 7.56. The first-order valence-electron chi connectivity index (χ1n) is 7.38. The lowest BCUT2D eigenvalue weighted by atomic mass is 9.64. The van der Waals surface area contributed by atoms with Gasteiger partial charge in [0.2, 0.25) is 0 Å². The van der Waals surface area contributed by atoms with Crippen LogP contribution in [0.5, 0.6) is 0 Å². The third-order valence-electron chi connectivity index (χ3n) is 4.11. The maximum absolute atomic E-state index is 6.00. The van der Waals surface area contributed by atoms with Crippen molar-refractivity contribution in [3.8, 4) is 0 Å². The van der Waals surface area contributed by atoms with Crippen LogP contribution in [0.2, 0.25) is 0 Å². The van der Waals surface area contributed by atoms with Crippen LogP contribution < -0.4 is 5.32 Å². The van der Waals surface area contributed by atoms with E-state index >= 15 is 0 Å². The van der Waals surface area contributed by atoms with Gasteiger partial charge in [-0.2, -0.15) is 0 Å². The molecule has 0 atom stereocenters. The first kappa shape index (κ1) is 18.9. The Morgan fingerprint density at radius 1 is 0.842 bits per heavy atom. The lowest BCUT2D eigenvalue weighted by Crippen LogP contribution is -2.39. The molecule has 0 saturated heterocycles. The quantitative estimate of drug-likeness (QED) is 0.652. The van der Waals surface area contributed by atoms with Crippen LogP contribution in [0, 0.1) is 10.8 Å². The third kappa shape index (κ3) is 7.91. The van der Waals surface area contributed by atoms with Gasteiger partial charge in [0.15, 0.2) is 0 Å². The molecule has 0 heterocycles. The summed E-state index contributed by atoms with van der Waals surface area (Å²) in [6.07, 6.45) is 1.04. The van der Waals surface area contributed by atoms with E-state index in [9.17, 15) is 0 Å². The number of hydrogen-bond donors (Lipinski definition) is 1. The summed E-state index contributed by atoms with van der Waals surface area (Å²) in [5, 5.41) is 3.06. The lowest BCUT2D eigenvalue weighted by molar-refractivity contribution is -0.0820. The molecule has 0 aromatic heterocycles. The van der Waals surface area contributed by atoms with E-state index in [0.29, 0.717) is 13.2 Å². The molecule has 0 aromatic rings. The van der Waals surface area contributed by atoms with Crippen molar-refractivity contribution in [3.63, 3.8) is 0 Å². The molecule has 0 aliphatic rings. The number of rotatable bonds is 9. The predicted octanol–water partition coefficient (Wildman–Crippen LogP) is 3.48. The summed E-state index contributed by atoms with van der Waals surface area (Å²) >= 11 is 0. The molecule has 0 aliphatic heterocycles. The Morgan fingerprint density at radius 2 is 1.42 bits per heavy atom. The van der Waals surface area contributed by atoms with Crippen LogP contribution in [0.3, 0.4) is 0 Å². The fourth-order valence-corrected chi connectivity index (χ4v) is 2.03. The molecule has 0 bridgehead atoms. The normalized spacial score (nSPS) is 13.9. The molecule has 0 saturated carbocycles. The van der Waals surface area contributed by atoms with E-state index in [1.54, 1.807) is 0 Å². The van der Waals surface area contributed by atoms with Crippen LogP contribution in [0.25, 0.3) is 0 Å². The minimum absolute atomic E-state index is 0.108. The molecule has 19 heavy (non-hydrogen) atoms. The van der Waals surface area contributed by atoms with Gasteiger partial charge in [-0.3, -0.25) is 0 Å². The van der Waals surface area contributed by atoms with Crippen molar-refractivity contribution in [2.75, 3.05) is 33.4 Å². The highest BCUT2D eigenvalue weighted by Crippen LogP contribution is 2.44. The summed E-state index contributed by atoms with van der Waals surface area (Å²) in [7, 11) is 1.93. The SMILES string of the molecule is CNCCOCCOC(C)(C)CC(C)(C)C(C)(C)C. The van der Waals surface area contributed by atoms with Crippen LogP contribution in [0.15, 0.2) is 0 Å². The molecule has 0 rings (SSSR count). The van der Waals surface area contributed by atoms with Crippen molar-refractivity contribution in [1.82, 2.24) is 5.32 Å². The van der Waals surface area contributed by atoms with E-state index in [2.05, 4.69) is 53.8 Å². The molecule has 1 N–H and O–H groups in total. The number of likely N-dealkylation sites (N-methyl/N-ethyl adjacent to an activating group) is 1. The summed E-state index contributed by atoms with van der Waals surface area (Å²) in [4.78, 5) is 0. The maximum Gasteiger partial charge on any atom is 0.0707 e. The summed E-state index contributed by atoms with van der Waals surface area (Å²) in [5.74, 6) is 0.